The van der Waals surface area contributed by atoms with Crippen molar-refractivity contribution in [2.45, 2.75) is 45.1 Å². The van der Waals surface area contributed by atoms with Gasteiger partial charge < -0.3 is 15.6 Å². The third-order valence-corrected chi connectivity index (χ3v) is 3.33. The first-order valence-electron chi connectivity index (χ1n) is 6.07. The summed E-state index contributed by atoms with van der Waals surface area (Å²) in [5.74, 6) is 1.40. The van der Waals surface area contributed by atoms with Gasteiger partial charge in [0.1, 0.15) is 0 Å². The second-order valence-corrected chi connectivity index (χ2v) is 5.17. The highest BCUT2D eigenvalue weighted by molar-refractivity contribution is 4.90. The van der Waals surface area contributed by atoms with Crippen molar-refractivity contribution in [1.29, 1.82) is 0 Å². The standard InChI is InChI=1S/C12H25NO2/c1-10-6-11(2)8-12(7-10,9-13)15-5-3-4-14/h10-11,14H,3-9,13H2,1-2H3. The van der Waals surface area contributed by atoms with Crippen LogP contribution in [-0.2, 0) is 4.74 Å². The van der Waals surface area contributed by atoms with E-state index in [1.807, 2.05) is 0 Å². The Hall–Kier alpha value is -0.120. The third kappa shape index (κ3) is 3.74. The molecule has 0 heterocycles. The van der Waals surface area contributed by atoms with Crippen molar-refractivity contribution in [3.05, 3.63) is 0 Å². The van der Waals surface area contributed by atoms with E-state index < -0.39 is 0 Å². The van der Waals surface area contributed by atoms with E-state index in [9.17, 15) is 0 Å². The van der Waals surface area contributed by atoms with Gasteiger partial charge in [-0.15, -0.1) is 0 Å². The summed E-state index contributed by atoms with van der Waals surface area (Å²) in [6, 6.07) is 0. The summed E-state index contributed by atoms with van der Waals surface area (Å²) in [5.41, 5.74) is 5.74. The van der Waals surface area contributed by atoms with Gasteiger partial charge >= 0.3 is 0 Å². The molecule has 2 unspecified atom stereocenters. The maximum atomic E-state index is 8.75. The largest absolute Gasteiger partial charge is 0.396 e. The average molecular weight is 215 g/mol. The molecule has 1 rings (SSSR count). The van der Waals surface area contributed by atoms with Crippen LogP contribution < -0.4 is 5.73 Å². The molecule has 0 spiro atoms. The van der Waals surface area contributed by atoms with Crippen LogP contribution >= 0.6 is 0 Å². The van der Waals surface area contributed by atoms with Gasteiger partial charge in [0, 0.05) is 19.8 Å². The number of aliphatic hydroxyl groups is 1. The Morgan fingerprint density at radius 3 is 2.40 bits per heavy atom. The Bertz CT molecular complexity index is 174. The van der Waals surface area contributed by atoms with Crippen molar-refractivity contribution in [3.8, 4) is 0 Å². The number of rotatable bonds is 5. The Labute approximate surface area is 93.0 Å². The van der Waals surface area contributed by atoms with E-state index in [-0.39, 0.29) is 12.2 Å². The number of nitrogens with two attached hydrogens (primary N) is 1. The molecule has 0 aromatic heterocycles. The molecule has 0 aromatic rings. The van der Waals surface area contributed by atoms with Crippen molar-refractivity contribution >= 4 is 0 Å². The van der Waals surface area contributed by atoms with Crippen molar-refractivity contribution < 1.29 is 9.84 Å². The summed E-state index contributed by atoms with van der Waals surface area (Å²) in [7, 11) is 0. The molecule has 0 saturated heterocycles. The smallest absolute Gasteiger partial charge is 0.0809 e. The lowest BCUT2D eigenvalue weighted by molar-refractivity contribution is -0.0891. The predicted molar refractivity (Wildman–Crippen MR) is 61.6 cm³/mol. The number of hydrogen-bond donors (Lipinski definition) is 2. The summed E-state index contributed by atoms with van der Waals surface area (Å²) in [5, 5.41) is 8.75. The monoisotopic (exact) mass is 215 g/mol. The lowest BCUT2D eigenvalue weighted by atomic mass is 9.73. The van der Waals surface area contributed by atoms with E-state index in [0.29, 0.717) is 31.4 Å². The molecule has 3 N–H and O–H groups in total. The minimum absolute atomic E-state index is 0.119. The summed E-state index contributed by atoms with van der Waals surface area (Å²) >= 11 is 0. The molecular formula is C12H25NO2. The Kier molecular flexibility index (Phi) is 5.03. The normalized spacial score (nSPS) is 36.8. The minimum atomic E-state index is -0.119. The maximum absolute atomic E-state index is 8.75. The first kappa shape index (κ1) is 12.9. The zero-order chi connectivity index (χ0) is 11.3. The van der Waals surface area contributed by atoms with Gasteiger partial charge in [-0.25, -0.2) is 0 Å². The van der Waals surface area contributed by atoms with Crippen LogP contribution in [0.2, 0.25) is 0 Å². The van der Waals surface area contributed by atoms with E-state index >= 15 is 0 Å². The molecule has 0 aromatic carbocycles. The Morgan fingerprint density at radius 1 is 1.33 bits per heavy atom. The topological polar surface area (TPSA) is 55.5 Å². The molecule has 15 heavy (non-hydrogen) atoms. The fourth-order valence-electron chi connectivity index (χ4n) is 2.90. The molecule has 0 bridgehead atoms. The fraction of sp³-hybridized carbons (Fsp3) is 1.00. The first-order chi connectivity index (χ1) is 7.12. The van der Waals surface area contributed by atoms with Crippen molar-refractivity contribution in [2.75, 3.05) is 19.8 Å². The van der Waals surface area contributed by atoms with E-state index in [2.05, 4.69) is 13.8 Å². The summed E-state index contributed by atoms with van der Waals surface area (Å²) in [6.45, 7) is 5.98. The summed E-state index contributed by atoms with van der Waals surface area (Å²) in [4.78, 5) is 0. The molecule has 0 amide bonds. The highest BCUT2D eigenvalue weighted by Crippen LogP contribution is 2.37. The molecule has 90 valence electrons. The molecule has 1 fully saturated rings. The predicted octanol–water partition coefficient (Wildman–Crippen LogP) is 1.54. The summed E-state index contributed by atoms with van der Waals surface area (Å²) in [6.07, 6.45) is 4.13. The van der Waals surface area contributed by atoms with E-state index in [1.165, 1.54) is 6.42 Å². The van der Waals surface area contributed by atoms with Gasteiger partial charge in [-0.1, -0.05) is 13.8 Å². The second-order valence-electron chi connectivity index (χ2n) is 5.17. The quantitative estimate of drug-likeness (QED) is 0.684. The summed E-state index contributed by atoms with van der Waals surface area (Å²) < 4.78 is 5.92. The lowest BCUT2D eigenvalue weighted by Crippen LogP contribution is -2.47. The van der Waals surface area contributed by atoms with Gasteiger partial charge in [0.25, 0.3) is 0 Å². The lowest BCUT2D eigenvalue weighted by Gasteiger charge is -2.42. The maximum Gasteiger partial charge on any atom is 0.0809 e. The van der Waals surface area contributed by atoms with Crippen LogP contribution in [0.15, 0.2) is 0 Å². The van der Waals surface area contributed by atoms with Crippen LogP contribution in [0.4, 0.5) is 0 Å². The molecule has 3 heteroatoms. The van der Waals surface area contributed by atoms with Crippen LogP contribution in [0.3, 0.4) is 0 Å². The van der Waals surface area contributed by atoms with Gasteiger partial charge in [-0.3, -0.25) is 0 Å². The molecular weight excluding hydrogens is 190 g/mol. The van der Waals surface area contributed by atoms with Crippen LogP contribution in [0, 0.1) is 11.8 Å². The van der Waals surface area contributed by atoms with Crippen molar-refractivity contribution in [1.82, 2.24) is 0 Å². The Balaban J connectivity index is 2.49. The van der Waals surface area contributed by atoms with E-state index in [1.54, 1.807) is 0 Å². The van der Waals surface area contributed by atoms with Crippen molar-refractivity contribution in [2.24, 2.45) is 17.6 Å². The molecule has 3 nitrogen and oxygen atoms in total. The van der Waals surface area contributed by atoms with Gasteiger partial charge in [0.05, 0.1) is 5.60 Å². The molecule has 0 aliphatic heterocycles. The molecule has 1 aliphatic carbocycles. The molecule has 1 saturated carbocycles. The second kappa shape index (κ2) is 5.83. The average Bonchev–Trinajstić information content (AvgIpc) is 2.17. The third-order valence-electron chi connectivity index (χ3n) is 3.33. The minimum Gasteiger partial charge on any atom is -0.396 e. The van der Waals surface area contributed by atoms with Crippen molar-refractivity contribution in [3.63, 3.8) is 0 Å². The van der Waals surface area contributed by atoms with Crippen LogP contribution in [-0.4, -0.2) is 30.5 Å². The number of aliphatic hydroxyl groups excluding tert-OH is 1. The Morgan fingerprint density at radius 2 is 1.93 bits per heavy atom. The zero-order valence-electron chi connectivity index (χ0n) is 10.0. The van der Waals surface area contributed by atoms with Crippen LogP contribution in [0.25, 0.3) is 0 Å². The number of ether oxygens (including phenoxy) is 1. The van der Waals surface area contributed by atoms with Crippen LogP contribution in [0.5, 0.6) is 0 Å². The zero-order valence-corrected chi connectivity index (χ0v) is 10.0. The van der Waals surface area contributed by atoms with Gasteiger partial charge in [0.15, 0.2) is 0 Å². The molecule has 2 atom stereocenters. The highest BCUT2D eigenvalue weighted by atomic mass is 16.5. The van der Waals surface area contributed by atoms with Gasteiger partial charge in [-0.05, 0) is 37.5 Å². The van der Waals surface area contributed by atoms with E-state index in [4.69, 9.17) is 15.6 Å². The van der Waals surface area contributed by atoms with Crippen LogP contribution in [0.1, 0.15) is 39.5 Å². The van der Waals surface area contributed by atoms with E-state index in [0.717, 1.165) is 12.8 Å². The van der Waals surface area contributed by atoms with Gasteiger partial charge in [0.2, 0.25) is 0 Å². The fourth-order valence-corrected chi connectivity index (χ4v) is 2.90. The molecule has 0 radical (unpaired) electrons. The first-order valence-corrected chi connectivity index (χ1v) is 6.07. The SMILES string of the molecule is CC1CC(C)CC(CN)(OCCCO)C1. The highest BCUT2D eigenvalue weighted by Gasteiger charge is 2.37. The molecule has 1 aliphatic rings. The van der Waals surface area contributed by atoms with Gasteiger partial charge in [-0.2, -0.15) is 0 Å². The number of hydrogen-bond acceptors (Lipinski definition) is 3.